The maximum Gasteiger partial charge on any atom is 0.138 e. The molecule has 1 fully saturated rings. The maximum atomic E-state index is 6.07. The summed E-state index contributed by atoms with van der Waals surface area (Å²) in [6.07, 6.45) is 1.17. The molecular weight excluding hydrogens is 226 g/mol. The van der Waals surface area contributed by atoms with Gasteiger partial charge in [-0.25, -0.2) is 0 Å². The molecule has 1 atom stereocenters. The fraction of sp³-hybridized carbons (Fsp3) is 0.500. The van der Waals surface area contributed by atoms with Crippen LogP contribution < -0.4 is 14.8 Å². The Bertz CT molecular complexity index is 351. The molecule has 0 aromatic heterocycles. The van der Waals surface area contributed by atoms with Crippen molar-refractivity contribution in [3.8, 4) is 11.5 Å². The van der Waals surface area contributed by atoms with E-state index in [0.717, 1.165) is 31.2 Å². The molecule has 0 amide bonds. The summed E-state index contributed by atoms with van der Waals surface area (Å²) in [7, 11) is 1.62. The molecule has 1 saturated heterocycles. The van der Waals surface area contributed by atoms with Gasteiger partial charge in [-0.05, 0) is 25.1 Å². The summed E-state index contributed by atoms with van der Waals surface area (Å²) in [6, 6.07) is 5.47. The first kappa shape index (κ1) is 11.6. The Hall–Kier alpha value is -0.930. The van der Waals surface area contributed by atoms with Crippen molar-refractivity contribution >= 4 is 11.6 Å². The van der Waals surface area contributed by atoms with Crippen molar-refractivity contribution in [2.75, 3.05) is 26.8 Å². The minimum atomic E-state index is 0.596. The Kier molecular flexibility index (Phi) is 3.91. The van der Waals surface area contributed by atoms with Crippen LogP contribution in [0.5, 0.6) is 11.5 Å². The van der Waals surface area contributed by atoms with E-state index < -0.39 is 0 Å². The summed E-state index contributed by atoms with van der Waals surface area (Å²) in [5, 5.41) is 3.91. The lowest BCUT2D eigenvalue weighted by molar-refractivity contribution is 0.260. The normalized spacial score (nSPS) is 19.8. The summed E-state index contributed by atoms with van der Waals surface area (Å²) in [5.41, 5.74) is 0. The van der Waals surface area contributed by atoms with Crippen molar-refractivity contribution in [3.05, 3.63) is 23.2 Å². The lowest BCUT2D eigenvalue weighted by atomic mass is 10.1. The van der Waals surface area contributed by atoms with E-state index in [-0.39, 0.29) is 0 Å². The number of benzene rings is 1. The number of methoxy groups -OCH3 is 1. The quantitative estimate of drug-likeness (QED) is 0.878. The van der Waals surface area contributed by atoms with Crippen molar-refractivity contribution < 1.29 is 9.47 Å². The van der Waals surface area contributed by atoms with Gasteiger partial charge in [0, 0.05) is 18.5 Å². The number of nitrogens with one attached hydrogen (secondary N) is 1. The second-order valence-electron chi connectivity index (χ2n) is 3.97. The Morgan fingerprint density at radius 1 is 1.50 bits per heavy atom. The molecule has 3 nitrogen and oxygen atoms in total. The molecule has 4 heteroatoms. The average molecular weight is 242 g/mol. The highest BCUT2D eigenvalue weighted by Gasteiger charge is 2.15. The fourth-order valence-electron chi connectivity index (χ4n) is 1.79. The predicted molar refractivity (Wildman–Crippen MR) is 64.5 cm³/mol. The van der Waals surface area contributed by atoms with E-state index in [0.29, 0.717) is 10.9 Å². The highest BCUT2D eigenvalue weighted by Crippen LogP contribution is 2.29. The van der Waals surface area contributed by atoms with Gasteiger partial charge in [-0.1, -0.05) is 11.6 Å². The lowest BCUT2D eigenvalue weighted by Gasteiger charge is -2.12. The fourth-order valence-corrected chi connectivity index (χ4v) is 2.02. The molecule has 1 heterocycles. The van der Waals surface area contributed by atoms with Crippen LogP contribution in [-0.2, 0) is 0 Å². The summed E-state index contributed by atoms with van der Waals surface area (Å²) in [6.45, 7) is 2.84. The summed E-state index contributed by atoms with van der Waals surface area (Å²) >= 11 is 6.07. The molecule has 0 spiro atoms. The standard InChI is InChI=1S/C12H16ClNO2/c1-15-10-2-3-12(11(13)6-10)16-8-9-4-5-14-7-9/h2-3,6,9,14H,4-5,7-8H2,1H3. The molecule has 0 bridgehead atoms. The third-order valence-electron chi connectivity index (χ3n) is 2.78. The number of hydrogen-bond donors (Lipinski definition) is 1. The highest BCUT2D eigenvalue weighted by atomic mass is 35.5. The minimum absolute atomic E-state index is 0.596. The number of rotatable bonds is 4. The van der Waals surface area contributed by atoms with Crippen molar-refractivity contribution in [3.63, 3.8) is 0 Å². The van der Waals surface area contributed by atoms with E-state index in [1.54, 1.807) is 13.2 Å². The van der Waals surface area contributed by atoms with E-state index in [2.05, 4.69) is 5.32 Å². The zero-order valence-electron chi connectivity index (χ0n) is 9.33. The molecule has 1 N–H and O–H groups in total. The van der Waals surface area contributed by atoms with Crippen LogP contribution in [0.25, 0.3) is 0 Å². The monoisotopic (exact) mass is 241 g/mol. The van der Waals surface area contributed by atoms with E-state index in [1.165, 1.54) is 6.42 Å². The second-order valence-corrected chi connectivity index (χ2v) is 4.37. The van der Waals surface area contributed by atoms with Gasteiger partial charge in [0.1, 0.15) is 11.5 Å². The van der Waals surface area contributed by atoms with Crippen LogP contribution in [0.1, 0.15) is 6.42 Å². The first-order chi connectivity index (χ1) is 7.79. The first-order valence-electron chi connectivity index (χ1n) is 5.46. The van der Waals surface area contributed by atoms with Crippen molar-refractivity contribution in [2.24, 2.45) is 5.92 Å². The smallest absolute Gasteiger partial charge is 0.138 e. The lowest BCUT2D eigenvalue weighted by Crippen LogP contribution is -2.15. The Labute approximate surface area is 101 Å². The molecule has 1 aliphatic heterocycles. The minimum Gasteiger partial charge on any atom is -0.497 e. The van der Waals surface area contributed by atoms with E-state index in [1.807, 2.05) is 12.1 Å². The van der Waals surface area contributed by atoms with Gasteiger partial charge in [0.25, 0.3) is 0 Å². The molecule has 16 heavy (non-hydrogen) atoms. The molecule has 0 saturated carbocycles. The van der Waals surface area contributed by atoms with E-state index >= 15 is 0 Å². The van der Waals surface area contributed by atoms with Gasteiger partial charge in [-0.2, -0.15) is 0 Å². The molecule has 0 aliphatic carbocycles. The molecular formula is C12H16ClNO2. The third kappa shape index (κ3) is 2.80. The van der Waals surface area contributed by atoms with Crippen molar-refractivity contribution in [1.29, 1.82) is 0 Å². The topological polar surface area (TPSA) is 30.5 Å². The zero-order chi connectivity index (χ0) is 11.4. The summed E-state index contributed by atoms with van der Waals surface area (Å²) in [5.74, 6) is 2.08. The molecule has 88 valence electrons. The van der Waals surface area contributed by atoms with Crippen LogP contribution in [0.15, 0.2) is 18.2 Å². The molecule has 1 unspecified atom stereocenters. The number of ether oxygens (including phenoxy) is 2. The SMILES string of the molecule is COc1ccc(OCC2CCNC2)c(Cl)c1. The van der Waals surface area contributed by atoms with Crippen LogP contribution in [0.3, 0.4) is 0 Å². The van der Waals surface area contributed by atoms with Gasteiger partial charge in [0.2, 0.25) is 0 Å². The molecule has 1 aliphatic rings. The number of halogens is 1. The van der Waals surface area contributed by atoms with Gasteiger partial charge < -0.3 is 14.8 Å². The van der Waals surface area contributed by atoms with Gasteiger partial charge in [-0.15, -0.1) is 0 Å². The van der Waals surface area contributed by atoms with Gasteiger partial charge in [0.05, 0.1) is 18.7 Å². The van der Waals surface area contributed by atoms with Gasteiger partial charge in [-0.3, -0.25) is 0 Å². The first-order valence-corrected chi connectivity index (χ1v) is 5.84. The third-order valence-corrected chi connectivity index (χ3v) is 3.07. The maximum absolute atomic E-state index is 6.07. The van der Waals surface area contributed by atoms with Gasteiger partial charge in [0.15, 0.2) is 0 Å². The predicted octanol–water partition coefficient (Wildman–Crippen LogP) is 2.34. The van der Waals surface area contributed by atoms with Crippen LogP contribution in [0.4, 0.5) is 0 Å². The Morgan fingerprint density at radius 2 is 2.38 bits per heavy atom. The molecule has 2 rings (SSSR count). The van der Waals surface area contributed by atoms with E-state index in [9.17, 15) is 0 Å². The van der Waals surface area contributed by atoms with Crippen LogP contribution in [0.2, 0.25) is 5.02 Å². The van der Waals surface area contributed by atoms with E-state index in [4.69, 9.17) is 21.1 Å². The average Bonchev–Trinajstić information content (AvgIpc) is 2.80. The zero-order valence-corrected chi connectivity index (χ0v) is 10.1. The number of hydrogen-bond acceptors (Lipinski definition) is 3. The second kappa shape index (κ2) is 5.41. The van der Waals surface area contributed by atoms with Crippen molar-refractivity contribution in [1.82, 2.24) is 5.32 Å². The largest absolute Gasteiger partial charge is 0.497 e. The highest BCUT2D eigenvalue weighted by molar-refractivity contribution is 6.32. The molecule has 1 aromatic carbocycles. The Balaban J connectivity index is 1.93. The van der Waals surface area contributed by atoms with Gasteiger partial charge >= 0.3 is 0 Å². The Morgan fingerprint density at radius 3 is 3.00 bits per heavy atom. The molecule has 0 radical (unpaired) electrons. The van der Waals surface area contributed by atoms with Crippen LogP contribution in [0, 0.1) is 5.92 Å². The molecule has 1 aromatic rings. The van der Waals surface area contributed by atoms with Crippen molar-refractivity contribution in [2.45, 2.75) is 6.42 Å². The summed E-state index contributed by atoms with van der Waals surface area (Å²) < 4.78 is 10.8. The van der Waals surface area contributed by atoms with Crippen LogP contribution >= 0.6 is 11.6 Å². The summed E-state index contributed by atoms with van der Waals surface area (Å²) in [4.78, 5) is 0. The van der Waals surface area contributed by atoms with Crippen LogP contribution in [-0.4, -0.2) is 26.8 Å².